The summed E-state index contributed by atoms with van der Waals surface area (Å²) >= 11 is 0. The molecule has 0 fully saturated rings. The van der Waals surface area contributed by atoms with Gasteiger partial charge in [-0.2, -0.15) is 0 Å². The zero-order chi connectivity index (χ0) is 22.3. The second kappa shape index (κ2) is 10.7. The van der Waals surface area contributed by atoms with Gasteiger partial charge in [-0.25, -0.2) is 0 Å². The molecule has 3 unspecified atom stereocenters. The molecule has 0 aromatic rings. The number of carbonyl (C=O) groups excluding carboxylic acids is 3. The predicted octanol–water partition coefficient (Wildman–Crippen LogP) is 1.64. The van der Waals surface area contributed by atoms with Crippen LogP contribution >= 0.6 is 0 Å². The first-order valence-electron chi connectivity index (χ1n) is 11.5. The first-order valence-corrected chi connectivity index (χ1v) is 11.5. The van der Waals surface area contributed by atoms with Gasteiger partial charge in [0.25, 0.3) is 0 Å². The number of hydrogen-bond acceptors (Lipinski definition) is 6. The molecule has 0 saturated carbocycles. The van der Waals surface area contributed by atoms with Gasteiger partial charge in [0.05, 0.1) is 13.1 Å². The van der Waals surface area contributed by atoms with Crippen molar-refractivity contribution < 1.29 is 19.1 Å². The molecule has 2 aliphatic carbocycles. The zero-order valence-electron chi connectivity index (χ0n) is 18.3. The van der Waals surface area contributed by atoms with Crippen LogP contribution in [-0.2, 0) is 19.1 Å². The monoisotopic (exact) mass is 437 g/mol. The Labute approximate surface area is 188 Å². The van der Waals surface area contributed by atoms with Crippen molar-refractivity contribution in [1.82, 2.24) is 16.0 Å². The third-order valence-electron chi connectivity index (χ3n) is 6.22. The number of Topliss-reactive ketones (excluding diaryl/α,β-unsaturated/α-hetero) is 1. The summed E-state index contributed by atoms with van der Waals surface area (Å²) in [6.45, 7) is 1.91. The third kappa shape index (κ3) is 5.93. The van der Waals surface area contributed by atoms with Crippen LogP contribution in [0.3, 0.4) is 0 Å². The number of ketones is 2. The van der Waals surface area contributed by atoms with Gasteiger partial charge < -0.3 is 20.7 Å². The van der Waals surface area contributed by atoms with Gasteiger partial charge in [-0.15, -0.1) is 0 Å². The molecule has 2 heterocycles. The van der Waals surface area contributed by atoms with E-state index >= 15 is 0 Å². The topological polar surface area (TPSA) is 96.5 Å². The molecule has 32 heavy (non-hydrogen) atoms. The summed E-state index contributed by atoms with van der Waals surface area (Å²) in [4.78, 5) is 36.3. The first-order chi connectivity index (χ1) is 15.6. The van der Waals surface area contributed by atoms with Crippen LogP contribution in [0.5, 0.6) is 0 Å². The molecule has 2 aliphatic heterocycles. The highest BCUT2D eigenvalue weighted by Crippen LogP contribution is 2.37. The van der Waals surface area contributed by atoms with Gasteiger partial charge >= 0.3 is 0 Å². The Hall–Kier alpha value is -2.77. The molecule has 0 saturated heterocycles. The predicted molar refractivity (Wildman–Crippen MR) is 122 cm³/mol. The van der Waals surface area contributed by atoms with Crippen LogP contribution in [-0.4, -0.2) is 55.8 Å². The van der Waals surface area contributed by atoms with Crippen molar-refractivity contribution in [1.29, 1.82) is 0 Å². The van der Waals surface area contributed by atoms with Crippen molar-refractivity contribution in [3.05, 3.63) is 59.4 Å². The maximum atomic E-state index is 12.5. The number of rotatable bonds is 0. The highest BCUT2D eigenvalue weighted by Gasteiger charge is 2.31. The molecule has 0 aromatic heterocycles. The summed E-state index contributed by atoms with van der Waals surface area (Å²) in [6.07, 6.45) is 16.5. The van der Waals surface area contributed by atoms with Crippen LogP contribution < -0.4 is 16.0 Å². The van der Waals surface area contributed by atoms with Gasteiger partial charge in [0.1, 0.15) is 11.9 Å². The number of nitrogens with one attached hydrogen (secondary N) is 3. The number of amides is 1. The Bertz CT molecular complexity index is 912. The molecule has 4 rings (SSSR count). The highest BCUT2D eigenvalue weighted by atomic mass is 16.5. The molecule has 170 valence electrons. The summed E-state index contributed by atoms with van der Waals surface area (Å²) in [6, 6.07) is 0.167. The van der Waals surface area contributed by atoms with E-state index in [1.807, 2.05) is 12.2 Å². The molecule has 7 heteroatoms. The average Bonchev–Trinajstić information content (AvgIpc) is 3.37. The number of hydrogen-bond donors (Lipinski definition) is 3. The van der Waals surface area contributed by atoms with E-state index in [0.29, 0.717) is 44.8 Å². The van der Waals surface area contributed by atoms with Crippen LogP contribution in [0.25, 0.3) is 0 Å². The molecule has 4 aliphatic rings. The number of carbonyl (C=O) groups is 3. The van der Waals surface area contributed by atoms with Crippen molar-refractivity contribution in [2.24, 2.45) is 5.92 Å². The van der Waals surface area contributed by atoms with Gasteiger partial charge in [-0.05, 0) is 49.3 Å². The van der Waals surface area contributed by atoms with E-state index in [-0.39, 0.29) is 35.5 Å². The summed E-state index contributed by atoms with van der Waals surface area (Å²) in [5.41, 5.74) is 2.04. The van der Waals surface area contributed by atoms with Gasteiger partial charge in [-0.1, -0.05) is 24.3 Å². The van der Waals surface area contributed by atoms with Crippen molar-refractivity contribution >= 4 is 17.5 Å². The third-order valence-corrected chi connectivity index (χ3v) is 6.22. The summed E-state index contributed by atoms with van der Waals surface area (Å²) < 4.78 is 6.07. The summed E-state index contributed by atoms with van der Waals surface area (Å²) in [7, 11) is 0. The Morgan fingerprint density at radius 3 is 2.81 bits per heavy atom. The SMILES string of the molecule is O=C1C=CC2=C3CCC(=O)NCC4C=CC(C4)NCC(=O)CNC/C=C/CCC3OC2=C1. The van der Waals surface area contributed by atoms with Gasteiger partial charge in [0.2, 0.25) is 5.91 Å². The van der Waals surface area contributed by atoms with E-state index in [2.05, 4.69) is 34.2 Å². The van der Waals surface area contributed by atoms with E-state index in [9.17, 15) is 14.4 Å². The molecular formula is C25H31N3O4. The molecule has 7 nitrogen and oxygen atoms in total. The van der Waals surface area contributed by atoms with Crippen LogP contribution in [0.4, 0.5) is 0 Å². The van der Waals surface area contributed by atoms with Gasteiger partial charge in [-0.3, -0.25) is 14.4 Å². The van der Waals surface area contributed by atoms with Gasteiger partial charge in [0, 0.05) is 37.2 Å². The fourth-order valence-corrected chi connectivity index (χ4v) is 4.50. The lowest BCUT2D eigenvalue weighted by Gasteiger charge is -2.16. The van der Waals surface area contributed by atoms with E-state index in [1.165, 1.54) is 6.08 Å². The lowest BCUT2D eigenvalue weighted by Crippen LogP contribution is -2.37. The standard InChI is InChI=1S/C25H31N3O4/c29-19-7-8-22-21-9-10-25(31)28-14-17-5-6-18(12-17)27-16-20(30)15-26-11-3-1-2-4-23(21)32-24(22)13-19/h1,3,5-8,13,17-18,23,26-27H,2,4,9-12,14-16H2,(H,28,31)/b3-1+. The van der Waals surface area contributed by atoms with Crippen LogP contribution in [0, 0.1) is 5.92 Å². The quantitative estimate of drug-likeness (QED) is 0.499. The molecular weight excluding hydrogens is 406 g/mol. The maximum absolute atomic E-state index is 12.5. The van der Waals surface area contributed by atoms with E-state index < -0.39 is 0 Å². The minimum atomic E-state index is -0.131. The average molecular weight is 438 g/mol. The summed E-state index contributed by atoms with van der Waals surface area (Å²) in [5, 5.41) is 9.49. The fraction of sp³-hybridized carbons (Fsp3) is 0.480. The highest BCUT2D eigenvalue weighted by molar-refractivity contribution is 6.02. The maximum Gasteiger partial charge on any atom is 0.220 e. The second-order valence-electron chi connectivity index (χ2n) is 8.68. The molecule has 0 aromatic carbocycles. The lowest BCUT2D eigenvalue weighted by molar-refractivity contribution is -0.121. The van der Waals surface area contributed by atoms with Crippen LogP contribution in [0.2, 0.25) is 0 Å². The van der Waals surface area contributed by atoms with Crippen molar-refractivity contribution in [3.63, 3.8) is 0 Å². The normalized spacial score (nSPS) is 30.8. The number of fused-ring (bicyclic) bond motifs is 4. The number of allylic oxidation sites excluding steroid dienone is 4. The van der Waals surface area contributed by atoms with Gasteiger partial charge in [0.15, 0.2) is 11.6 Å². The van der Waals surface area contributed by atoms with E-state index in [1.54, 1.807) is 6.08 Å². The van der Waals surface area contributed by atoms with Crippen molar-refractivity contribution in [2.75, 3.05) is 26.2 Å². The Kier molecular flexibility index (Phi) is 7.50. The minimum absolute atomic E-state index is 0.0190. The molecule has 1 amide bonds. The van der Waals surface area contributed by atoms with E-state index in [0.717, 1.165) is 30.4 Å². The summed E-state index contributed by atoms with van der Waals surface area (Å²) in [5.74, 6) is 0.969. The zero-order valence-corrected chi connectivity index (χ0v) is 18.3. The largest absolute Gasteiger partial charge is 0.485 e. The molecule has 3 N–H and O–H groups in total. The fourth-order valence-electron chi connectivity index (χ4n) is 4.50. The lowest BCUT2D eigenvalue weighted by atomic mass is 9.94. The second-order valence-corrected chi connectivity index (χ2v) is 8.68. The smallest absolute Gasteiger partial charge is 0.220 e. The van der Waals surface area contributed by atoms with Crippen LogP contribution in [0.15, 0.2) is 59.4 Å². The molecule has 3 atom stereocenters. The van der Waals surface area contributed by atoms with Crippen molar-refractivity contribution in [3.8, 4) is 0 Å². The Morgan fingerprint density at radius 2 is 1.91 bits per heavy atom. The Balaban J connectivity index is 1.43. The minimum Gasteiger partial charge on any atom is -0.485 e. The molecule has 0 spiro atoms. The molecule has 0 radical (unpaired) electrons. The van der Waals surface area contributed by atoms with Crippen molar-refractivity contribution in [2.45, 2.75) is 44.2 Å². The van der Waals surface area contributed by atoms with E-state index in [4.69, 9.17) is 4.74 Å². The number of ether oxygens (including phenoxy) is 1. The first kappa shape index (κ1) is 22.4. The molecule has 2 bridgehead atoms. The van der Waals surface area contributed by atoms with Crippen LogP contribution in [0.1, 0.15) is 32.1 Å². The Morgan fingerprint density at radius 1 is 1.00 bits per heavy atom.